The lowest BCUT2D eigenvalue weighted by Crippen LogP contribution is -2.01. The van der Waals surface area contributed by atoms with Crippen molar-refractivity contribution in [2.75, 3.05) is 0 Å². The first-order valence-electron chi connectivity index (χ1n) is 8.22. The van der Waals surface area contributed by atoms with Gasteiger partial charge in [-0.05, 0) is 40.5 Å². The standard InChI is InChI=1S/C16H28N6/c1-11(2)21-9-15(17-19-21)13(5)7-8-14(6)16-10-22(12(3)4)20-18-16/h9-14H,7-8H2,1-6H3. The van der Waals surface area contributed by atoms with Crippen LogP contribution in [0.4, 0.5) is 0 Å². The zero-order valence-electron chi connectivity index (χ0n) is 14.6. The van der Waals surface area contributed by atoms with E-state index in [0.717, 1.165) is 24.2 Å². The van der Waals surface area contributed by atoms with E-state index in [1.807, 2.05) is 9.36 Å². The van der Waals surface area contributed by atoms with Crippen LogP contribution in [0.1, 0.15) is 89.7 Å². The summed E-state index contributed by atoms with van der Waals surface area (Å²) in [5.41, 5.74) is 2.15. The van der Waals surface area contributed by atoms with Gasteiger partial charge in [0.25, 0.3) is 0 Å². The molecule has 2 aromatic rings. The molecule has 0 spiro atoms. The van der Waals surface area contributed by atoms with E-state index in [1.54, 1.807) is 0 Å². The Balaban J connectivity index is 1.90. The summed E-state index contributed by atoms with van der Waals surface area (Å²) in [5, 5.41) is 17.0. The average molecular weight is 304 g/mol. The molecule has 0 amide bonds. The van der Waals surface area contributed by atoms with Crippen molar-refractivity contribution in [3.63, 3.8) is 0 Å². The van der Waals surface area contributed by atoms with Gasteiger partial charge in [-0.2, -0.15) is 0 Å². The van der Waals surface area contributed by atoms with Crippen LogP contribution in [0.2, 0.25) is 0 Å². The lowest BCUT2D eigenvalue weighted by Gasteiger charge is -2.12. The Kier molecular flexibility index (Phi) is 5.32. The van der Waals surface area contributed by atoms with Crippen molar-refractivity contribution >= 4 is 0 Å². The molecule has 6 nitrogen and oxygen atoms in total. The largest absolute Gasteiger partial charge is 0.250 e. The van der Waals surface area contributed by atoms with Gasteiger partial charge in [0.2, 0.25) is 0 Å². The van der Waals surface area contributed by atoms with Gasteiger partial charge in [0.1, 0.15) is 0 Å². The third-order valence-corrected chi connectivity index (χ3v) is 4.16. The van der Waals surface area contributed by atoms with E-state index in [9.17, 15) is 0 Å². The Morgan fingerprint density at radius 3 is 1.36 bits per heavy atom. The van der Waals surface area contributed by atoms with Crippen LogP contribution in [-0.4, -0.2) is 30.0 Å². The Morgan fingerprint density at radius 2 is 1.09 bits per heavy atom. The molecule has 0 aliphatic carbocycles. The van der Waals surface area contributed by atoms with E-state index in [4.69, 9.17) is 0 Å². The Morgan fingerprint density at radius 1 is 0.727 bits per heavy atom. The first kappa shape index (κ1) is 16.6. The van der Waals surface area contributed by atoms with E-state index in [0.29, 0.717) is 23.9 Å². The SMILES string of the molecule is CC(CCC(C)c1cn(C(C)C)nn1)c1cn(C(C)C)nn1. The Bertz CT molecular complexity index is 531. The van der Waals surface area contributed by atoms with Crippen LogP contribution in [0, 0.1) is 0 Å². The van der Waals surface area contributed by atoms with Crippen molar-refractivity contribution in [1.29, 1.82) is 0 Å². The normalized spacial score (nSPS) is 14.7. The van der Waals surface area contributed by atoms with Gasteiger partial charge in [0.05, 0.1) is 11.4 Å². The minimum atomic E-state index is 0.360. The maximum Gasteiger partial charge on any atom is 0.0855 e. The number of aromatic nitrogens is 6. The molecule has 2 aromatic heterocycles. The van der Waals surface area contributed by atoms with E-state index in [-0.39, 0.29) is 0 Å². The predicted octanol–water partition coefficient (Wildman–Crippen LogP) is 3.72. The summed E-state index contributed by atoms with van der Waals surface area (Å²) >= 11 is 0. The molecule has 0 bridgehead atoms. The van der Waals surface area contributed by atoms with Gasteiger partial charge in [0.15, 0.2) is 0 Å². The topological polar surface area (TPSA) is 61.4 Å². The lowest BCUT2D eigenvalue weighted by molar-refractivity contribution is 0.514. The fourth-order valence-electron chi connectivity index (χ4n) is 2.33. The molecule has 2 unspecified atom stereocenters. The summed E-state index contributed by atoms with van der Waals surface area (Å²) in [5.74, 6) is 0.824. The van der Waals surface area contributed by atoms with Crippen molar-refractivity contribution in [2.45, 2.75) is 78.3 Å². The number of nitrogens with zero attached hydrogens (tertiary/aromatic N) is 6. The molecular weight excluding hydrogens is 276 g/mol. The number of hydrogen-bond donors (Lipinski definition) is 0. The maximum atomic E-state index is 4.30. The van der Waals surface area contributed by atoms with Crippen LogP contribution in [0.3, 0.4) is 0 Å². The molecule has 0 aliphatic rings. The zero-order valence-corrected chi connectivity index (χ0v) is 14.6. The molecule has 122 valence electrons. The van der Waals surface area contributed by atoms with Gasteiger partial charge in [-0.1, -0.05) is 24.3 Å². The van der Waals surface area contributed by atoms with Crippen LogP contribution >= 0.6 is 0 Å². The van der Waals surface area contributed by atoms with Gasteiger partial charge in [-0.25, -0.2) is 9.36 Å². The van der Waals surface area contributed by atoms with Gasteiger partial charge in [0, 0.05) is 36.3 Å². The van der Waals surface area contributed by atoms with Gasteiger partial charge < -0.3 is 0 Å². The van der Waals surface area contributed by atoms with Crippen molar-refractivity contribution < 1.29 is 0 Å². The summed E-state index contributed by atoms with van der Waals surface area (Å²) in [6.45, 7) is 12.9. The molecule has 0 aromatic carbocycles. The van der Waals surface area contributed by atoms with Gasteiger partial charge in [-0.15, -0.1) is 10.2 Å². The van der Waals surface area contributed by atoms with Crippen molar-refractivity contribution in [3.05, 3.63) is 23.8 Å². The molecule has 22 heavy (non-hydrogen) atoms. The highest BCUT2D eigenvalue weighted by Crippen LogP contribution is 2.26. The summed E-state index contributed by atoms with van der Waals surface area (Å²) in [6, 6.07) is 0.719. The van der Waals surface area contributed by atoms with E-state index >= 15 is 0 Å². The average Bonchev–Trinajstić information content (AvgIpc) is 3.12. The molecular formula is C16H28N6. The molecule has 0 fully saturated rings. The first-order valence-corrected chi connectivity index (χ1v) is 8.22. The highest BCUT2D eigenvalue weighted by molar-refractivity contribution is 5.04. The molecule has 0 saturated carbocycles. The summed E-state index contributed by atoms with van der Waals surface area (Å²) in [7, 11) is 0. The lowest BCUT2D eigenvalue weighted by atomic mass is 9.94. The van der Waals surface area contributed by atoms with Crippen LogP contribution in [0.5, 0.6) is 0 Å². The van der Waals surface area contributed by atoms with Gasteiger partial charge >= 0.3 is 0 Å². The highest BCUT2D eigenvalue weighted by atomic mass is 15.4. The fraction of sp³-hybridized carbons (Fsp3) is 0.750. The fourth-order valence-corrected chi connectivity index (χ4v) is 2.33. The number of hydrogen-bond acceptors (Lipinski definition) is 4. The molecule has 2 atom stereocenters. The quantitative estimate of drug-likeness (QED) is 0.782. The first-order chi connectivity index (χ1) is 10.4. The van der Waals surface area contributed by atoms with Crippen LogP contribution in [0.15, 0.2) is 12.4 Å². The minimum Gasteiger partial charge on any atom is -0.250 e. The molecule has 2 heterocycles. The Labute approximate surface area is 132 Å². The third-order valence-electron chi connectivity index (χ3n) is 4.16. The van der Waals surface area contributed by atoms with Crippen molar-refractivity contribution in [3.8, 4) is 0 Å². The molecule has 2 rings (SSSR count). The monoisotopic (exact) mass is 304 g/mol. The third kappa shape index (κ3) is 3.93. The van der Waals surface area contributed by atoms with Crippen LogP contribution < -0.4 is 0 Å². The zero-order chi connectivity index (χ0) is 16.3. The van der Waals surface area contributed by atoms with Crippen LogP contribution in [-0.2, 0) is 0 Å². The molecule has 0 aliphatic heterocycles. The van der Waals surface area contributed by atoms with E-state index in [2.05, 4.69) is 74.6 Å². The smallest absolute Gasteiger partial charge is 0.0855 e. The second-order valence-electron chi connectivity index (χ2n) is 6.81. The van der Waals surface area contributed by atoms with E-state index in [1.165, 1.54) is 0 Å². The van der Waals surface area contributed by atoms with Crippen LogP contribution in [0.25, 0.3) is 0 Å². The molecule has 0 radical (unpaired) electrons. The summed E-state index contributed by atoms with van der Waals surface area (Å²) in [6.07, 6.45) is 6.28. The van der Waals surface area contributed by atoms with Crippen molar-refractivity contribution in [1.82, 2.24) is 30.0 Å². The molecule has 6 heteroatoms. The molecule has 0 N–H and O–H groups in total. The second-order valence-corrected chi connectivity index (χ2v) is 6.81. The summed E-state index contributed by atoms with van der Waals surface area (Å²) in [4.78, 5) is 0. The predicted molar refractivity (Wildman–Crippen MR) is 86.9 cm³/mol. The molecule has 0 saturated heterocycles. The van der Waals surface area contributed by atoms with Crippen molar-refractivity contribution in [2.24, 2.45) is 0 Å². The summed E-state index contributed by atoms with van der Waals surface area (Å²) < 4.78 is 3.84. The minimum absolute atomic E-state index is 0.360. The number of rotatable bonds is 7. The van der Waals surface area contributed by atoms with Gasteiger partial charge in [-0.3, -0.25) is 0 Å². The Hall–Kier alpha value is -1.72. The highest BCUT2D eigenvalue weighted by Gasteiger charge is 2.16. The maximum absolute atomic E-state index is 4.30. The second kappa shape index (κ2) is 7.03. The van der Waals surface area contributed by atoms with E-state index < -0.39 is 0 Å².